The summed E-state index contributed by atoms with van der Waals surface area (Å²) in [6.45, 7) is 2.98. The second-order valence-electron chi connectivity index (χ2n) is 7.79. The zero-order valence-electron chi connectivity index (χ0n) is 16.9. The zero-order chi connectivity index (χ0) is 20.5. The molecule has 0 saturated heterocycles. The maximum absolute atomic E-state index is 13.1. The highest BCUT2D eigenvalue weighted by Crippen LogP contribution is 2.41. The molecule has 30 heavy (non-hydrogen) atoms. The van der Waals surface area contributed by atoms with Gasteiger partial charge in [-0.15, -0.1) is 16.9 Å². The minimum Gasteiger partial charge on any atom is -0.311 e. The summed E-state index contributed by atoms with van der Waals surface area (Å²) in [7, 11) is 0. The molecule has 1 aromatic heterocycles. The van der Waals surface area contributed by atoms with Gasteiger partial charge in [-0.05, 0) is 43.5 Å². The number of amides is 1. The zero-order valence-corrected chi connectivity index (χ0v) is 18.5. The van der Waals surface area contributed by atoms with Crippen LogP contribution in [-0.4, -0.2) is 38.2 Å². The average Bonchev–Trinajstić information content (AvgIpc) is 3.55. The summed E-state index contributed by atoms with van der Waals surface area (Å²) in [6, 6.07) is 18.3. The van der Waals surface area contributed by atoms with Gasteiger partial charge in [0.2, 0.25) is 11.1 Å². The second kappa shape index (κ2) is 8.47. The molecule has 154 valence electrons. The van der Waals surface area contributed by atoms with Crippen LogP contribution in [0.4, 0.5) is 5.69 Å². The van der Waals surface area contributed by atoms with Crippen LogP contribution in [0.5, 0.6) is 0 Å². The first-order valence-electron chi connectivity index (χ1n) is 10.4. The Bertz CT molecular complexity index is 1050. The molecule has 1 aliphatic heterocycles. The fourth-order valence-electron chi connectivity index (χ4n) is 3.68. The van der Waals surface area contributed by atoms with Crippen molar-refractivity contribution in [3.8, 4) is 5.69 Å². The normalized spacial score (nSPS) is 18.7. The molecule has 5 nitrogen and oxygen atoms in total. The lowest BCUT2D eigenvalue weighted by Gasteiger charge is -2.22. The highest BCUT2D eigenvalue weighted by molar-refractivity contribution is 8.00. The van der Waals surface area contributed by atoms with E-state index in [0.717, 1.165) is 43.0 Å². The molecule has 3 aromatic rings. The Morgan fingerprint density at radius 3 is 2.67 bits per heavy atom. The van der Waals surface area contributed by atoms with Gasteiger partial charge in [0.1, 0.15) is 5.82 Å². The lowest BCUT2D eigenvalue weighted by atomic mass is 10.2. The Morgan fingerprint density at radius 1 is 1.10 bits per heavy atom. The van der Waals surface area contributed by atoms with E-state index < -0.39 is 0 Å². The Kier molecular flexibility index (Phi) is 5.56. The molecular formula is C23H24N4OS2. The molecule has 5 rings (SSSR count). The van der Waals surface area contributed by atoms with E-state index >= 15 is 0 Å². The summed E-state index contributed by atoms with van der Waals surface area (Å²) in [5, 5.41) is 5.91. The Balaban J connectivity index is 1.34. The first kappa shape index (κ1) is 19.7. The van der Waals surface area contributed by atoms with E-state index in [9.17, 15) is 4.79 Å². The van der Waals surface area contributed by atoms with Crippen LogP contribution >= 0.6 is 23.5 Å². The molecule has 2 aliphatic rings. The number of carbonyl (C=O) groups excluding carboxylic acids is 1. The third-order valence-corrected chi connectivity index (χ3v) is 7.48. The van der Waals surface area contributed by atoms with Gasteiger partial charge < -0.3 is 4.90 Å². The second-order valence-corrected chi connectivity index (χ2v) is 10.2. The molecule has 7 heteroatoms. The van der Waals surface area contributed by atoms with E-state index in [0.29, 0.717) is 22.1 Å². The number of hydrogen-bond donors (Lipinski definition) is 0. The minimum absolute atomic E-state index is 0.117. The van der Waals surface area contributed by atoms with Gasteiger partial charge in [-0.2, -0.15) is 0 Å². The van der Waals surface area contributed by atoms with Crippen molar-refractivity contribution in [1.82, 2.24) is 14.8 Å². The van der Waals surface area contributed by atoms with E-state index in [4.69, 9.17) is 10.1 Å². The van der Waals surface area contributed by atoms with Gasteiger partial charge in [0, 0.05) is 22.6 Å². The molecule has 1 aliphatic carbocycles. The molecule has 0 spiro atoms. The summed E-state index contributed by atoms with van der Waals surface area (Å²) in [5.74, 6) is 1.96. The highest BCUT2D eigenvalue weighted by Gasteiger charge is 2.31. The number of nitrogens with zero attached hydrogens (tertiary/aromatic N) is 4. The SMILES string of the molecule is C[C@@H]1CCN(C(=O)CSc2nc(C3CC3)n(-c3ccccc3)n2)c2ccccc2S1. The number of benzene rings is 2. The molecule has 1 amide bonds. The van der Waals surface area contributed by atoms with Gasteiger partial charge in [-0.1, -0.05) is 49.0 Å². The van der Waals surface area contributed by atoms with Crippen molar-refractivity contribution in [3.05, 3.63) is 60.4 Å². The number of hydrogen-bond acceptors (Lipinski definition) is 5. The van der Waals surface area contributed by atoms with Crippen molar-refractivity contribution in [1.29, 1.82) is 0 Å². The van der Waals surface area contributed by atoms with Gasteiger partial charge in [-0.25, -0.2) is 9.67 Å². The molecule has 0 bridgehead atoms. The van der Waals surface area contributed by atoms with Crippen molar-refractivity contribution in [3.63, 3.8) is 0 Å². The van der Waals surface area contributed by atoms with Crippen LogP contribution in [0.15, 0.2) is 64.6 Å². The third kappa shape index (κ3) is 4.14. The molecule has 0 unspecified atom stereocenters. The lowest BCUT2D eigenvalue weighted by Crippen LogP contribution is -2.33. The third-order valence-electron chi connectivity index (χ3n) is 5.43. The summed E-state index contributed by atoms with van der Waals surface area (Å²) in [6.07, 6.45) is 3.31. The van der Waals surface area contributed by atoms with Gasteiger partial charge in [-0.3, -0.25) is 4.79 Å². The number of para-hydroxylation sites is 2. The van der Waals surface area contributed by atoms with Crippen LogP contribution in [0.1, 0.15) is 37.9 Å². The van der Waals surface area contributed by atoms with E-state index in [2.05, 4.69) is 19.1 Å². The fraction of sp³-hybridized carbons (Fsp3) is 0.348. The average molecular weight is 437 g/mol. The number of carbonyl (C=O) groups is 1. The Labute approximate surface area is 185 Å². The number of anilines is 1. The number of fused-ring (bicyclic) bond motifs is 1. The number of aromatic nitrogens is 3. The van der Waals surface area contributed by atoms with Gasteiger partial charge in [0.05, 0.1) is 17.1 Å². The van der Waals surface area contributed by atoms with Crippen molar-refractivity contribution in [2.75, 3.05) is 17.2 Å². The van der Waals surface area contributed by atoms with Crippen LogP contribution in [-0.2, 0) is 4.79 Å². The Hall–Kier alpha value is -2.25. The smallest absolute Gasteiger partial charge is 0.237 e. The van der Waals surface area contributed by atoms with E-state index in [1.165, 1.54) is 16.7 Å². The predicted octanol–water partition coefficient (Wildman–Crippen LogP) is 5.15. The molecule has 0 N–H and O–H groups in total. The first-order valence-corrected chi connectivity index (χ1v) is 12.3. The minimum atomic E-state index is 0.117. The van der Waals surface area contributed by atoms with Crippen LogP contribution in [0, 0.1) is 0 Å². The van der Waals surface area contributed by atoms with Crippen LogP contribution in [0.25, 0.3) is 5.69 Å². The molecule has 2 aromatic carbocycles. The van der Waals surface area contributed by atoms with E-state index in [1.807, 2.05) is 63.8 Å². The summed E-state index contributed by atoms with van der Waals surface area (Å²) in [4.78, 5) is 21.0. The quantitative estimate of drug-likeness (QED) is 0.518. The van der Waals surface area contributed by atoms with Crippen molar-refractivity contribution in [2.45, 2.75) is 47.4 Å². The lowest BCUT2D eigenvalue weighted by molar-refractivity contribution is -0.116. The van der Waals surface area contributed by atoms with Crippen molar-refractivity contribution >= 4 is 35.1 Å². The van der Waals surface area contributed by atoms with Gasteiger partial charge >= 0.3 is 0 Å². The van der Waals surface area contributed by atoms with Crippen molar-refractivity contribution < 1.29 is 4.79 Å². The number of rotatable bonds is 5. The Morgan fingerprint density at radius 2 is 1.87 bits per heavy atom. The van der Waals surface area contributed by atoms with E-state index in [1.54, 1.807) is 0 Å². The first-order chi connectivity index (χ1) is 14.7. The highest BCUT2D eigenvalue weighted by atomic mass is 32.2. The van der Waals surface area contributed by atoms with E-state index in [-0.39, 0.29) is 5.91 Å². The molecule has 2 heterocycles. The standard InChI is InChI=1S/C23H24N4OS2/c1-16-13-14-26(19-9-5-6-10-20(19)30-16)21(28)15-29-23-24-22(17-11-12-17)27(25-23)18-7-3-2-4-8-18/h2-10,16-17H,11-15H2,1H3/t16-/m1/s1. The largest absolute Gasteiger partial charge is 0.311 e. The van der Waals surface area contributed by atoms with Crippen LogP contribution in [0.2, 0.25) is 0 Å². The summed E-state index contributed by atoms with van der Waals surface area (Å²) < 4.78 is 1.95. The van der Waals surface area contributed by atoms with Crippen LogP contribution in [0.3, 0.4) is 0 Å². The molecule has 1 atom stereocenters. The maximum atomic E-state index is 13.1. The number of thioether (sulfide) groups is 2. The fourth-order valence-corrected chi connectivity index (χ4v) is 5.50. The summed E-state index contributed by atoms with van der Waals surface area (Å²) >= 11 is 3.29. The molecule has 1 saturated carbocycles. The van der Waals surface area contributed by atoms with Gasteiger partial charge in [0.15, 0.2) is 0 Å². The maximum Gasteiger partial charge on any atom is 0.237 e. The van der Waals surface area contributed by atoms with Crippen LogP contribution < -0.4 is 4.90 Å². The molecule has 1 fully saturated rings. The molecule has 0 radical (unpaired) electrons. The summed E-state index contributed by atoms with van der Waals surface area (Å²) in [5.41, 5.74) is 2.05. The topological polar surface area (TPSA) is 51.0 Å². The van der Waals surface area contributed by atoms with Crippen molar-refractivity contribution in [2.24, 2.45) is 0 Å². The monoisotopic (exact) mass is 436 g/mol. The van der Waals surface area contributed by atoms with Gasteiger partial charge in [0.25, 0.3) is 0 Å². The molecular weight excluding hydrogens is 412 g/mol. The predicted molar refractivity (Wildman–Crippen MR) is 123 cm³/mol.